The minimum atomic E-state index is -2.96. The molecule has 0 aromatic heterocycles. The fourth-order valence-electron chi connectivity index (χ4n) is 3.30. The number of rotatable bonds is 12. The van der Waals surface area contributed by atoms with Gasteiger partial charge in [-0.3, -0.25) is 4.79 Å². The molecule has 1 saturated carbocycles. The molecule has 2 aromatic carbocycles. The van der Waals surface area contributed by atoms with E-state index in [2.05, 4.69) is 4.74 Å². The van der Waals surface area contributed by atoms with E-state index >= 15 is 0 Å². The van der Waals surface area contributed by atoms with Crippen LogP contribution in [0.15, 0.2) is 36.4 Å². The van der Waals surface area contributed by atoms with Gasteiger partial charge in [0.05, 0.1) is 24.8 Å². The molecule has 1 fully saturated rings. The molecule has 0 N–H and O–H groups in total. The second kappa shape index (κ2) is 11.4. The van der Waals surface area contributed by atoms with Crippen molar-refractivity contribution in [2.75, 3.05) is 19.8 Å². The number of ether oxygens (including phenoxy) is 4. The van der Waals surface area contributed by atoms with Crippen molar-refractivity contribution >= 4 is 5.91 Å². The maximum Gasteiger partial charge on any atom is 0.387 e. The van der Waals surface area contributed by atoms with Crippen LogP contribution in [-0.2, 0) is 11.3 Å². The van der Waals surface area contributed by atoms with Crippen LogP contribution in [0, 0.1) is 11.3 Å². The van der Waals surface area contributed by atoms with Crippen LogP contribution in [0.3, 0.4) is 0 Å². The van der Waals surface area contributed by atoms with Crippen molar-refractivity contribution < 1.29 is 32.5 Å². The summed E-state index contributed by atoms with van der Waals surface area (Å²) in [4.78, 5) is 14.7. The molecule has 3 rings (SSSR count). The minimum absolute atomic E-state index is 0.0486. The van der Waals surface area contributed by atoms with E-state index < -0.39 is 6.61 Å². The van der Waals surface area contributed by atoms with Gasteiger partial charge < -0.3 is 23.8 Å². The zero-order valence-corrected chi connectivity index (χ0v) is 18.6. The lowest BCUT2D eigenvalue weighted by Gasteiger charge is -2.23. The largest absolute Gasteiger partial charge is 0.490 e. The molecule has 0 bridgehead atoms. The maximum atomic E-state index is 13.0. The maximum absolute atomic E-state index is 13.0. The first-order chi connectivity index (χ1) is 15.9. The van der Waals surface area contributed by atoms with Crippen LogP contribution in [0.4, 0.5) is 8.78 Å². The van der Waals surface area contributed by atoms with E-state index in [9.17, 15) is 13.6 Å². The Kier molecular flexibility index (Phi) is 8.30. The van der Waals surface area contributed by atoms with E-state index in [-0.39, 0.29) is 43.2 Å². The minimum Gasteiger partial charge on any atom is -0.490 e. The van der Waals surface area contributed by atoms with Gasteiger partial charge in [-0.05, 0) is 56.5 Å². The summed E-state index contributed by atoms with van der Waals surface area (Å²) < 4.78 is 46.5. The molecule has 0 radical (unpaired) electrons. The second-order valence-electron chi connectivity index (χ2n) is 7.34. The number of hydrogen-bond donors (Lipinski definition) is 0. The summed E-state index contributed by atoms with van der Waals surface area (Å²) in [5, 5.41) is 9.07. The van der Waals surface area contributed by atoms with Crippen LogP contribution in [0.2, 0.25) is 0 Å². The predicted octanol–water partition coefficient (Wildman–Crippen LogP) is 4.53. The highest BCUT2D eigenvalue weighted by Gasteiger charge is 2.33. The molecular formula is C24H26F2N2O5. The molecule has 0 unspecified atom stereocenters. The van der Waals surface area contributed by atoms with Crippen LogP contribution in [0.25, 0.3) is 0 Å². The molecule has 1 aliphatic rings. The Morgan fingerprint density at radius 2 is 1.70 bits per heavy atom. The number of amides is 1. The van der Waals surface area contributed by atoms with Gasteiger partial charge in [0.15, 0.2) is 29.6 Å². The van der Waals surface area contributed by atoms with Gasteiger partial charge in [-0.25, -0.2) is 0 Å². The zero-order chi connectivity index (χ0) is 23.8. The summed E-state index contributed by atoms with van der Waals surface area (Å²) in [5.74, 6) is 0.724. The van der Waals surface area contributed by atoms with Crippen molar-refractivity contribution in [3.05, 3.63) is 47.5 Å². The smallest absolute Gasteiger partial charge is 0.387 e. The third-order valence-corrected chi connectivity index (χ3v) is 4.91. The van der Waals surface area contributed by atoms with E-state index in [0.29, 0.717) is 23.7 Å². The van der Waals surface area contributed by atoms with Crippen LogP contribution < -0.4 is 18.9 Å². The molecule has 9 heteroatoms. The lowest BCUT2D eigenvalue weighted by Crippen LogP contribution is -2.36. The standard InChI is InChI=1S/C24H26F2N2O5/c1-3-30-21-11-16(13-27)5-9-19(21)32-15-23(29)28(18-7-8-18)14-17-6-10-20(33-24(25)26)22(12-17)31-4-2/h5-6,9-12,18,24H,3-4,7-8,14-15H2,1-2H3. The van der Waals surface area contributed by atoms with E-state index in [1.807, 2.05) is 13.0 Å². The lowest BCUT2D eigenvalue weighted by atomic mass is 10.2. The number of nitrogens with zero attached hydrogens (tertiary/aromatic N) is 2. The Labute approximate surface area is 191 Å². The van der Waals surface area contributed by atoms with Crippen molar-refractivity contribution in [2.24, 2.45) is 0 Å². The van der Waals surface area contributed by atoms with Gasteiger partial charge >= 0.3 is 6.61 Å². The number of carbonyl (C=O) groups is 1. The fourth-order valence-corrected chi connectivity index (χ4v) is 3.30. The monoisotopic (exact) mass is 460 g/mol. The summed E-state index contributed by atoms with van der Waals surface area (Å²) in [6, 6.07) is 11.6. The molecule has 0 heterocycles. The highest BCUT2D eigenvalue weighted by molar-refractivity contribution is 5.78. The van der Waals surface area contributed by atoms with Crippen LogP contribution in [0.5, 0.6) is 23.0 Å². The summed E-state index contributed by atoms with van der Waals surface area (Å²) in [6.07, 6.45) is 1.77. The number of carbonyl (C=O) groups excluding carboxylic acids is 1. The number of benzene rings is 2. The molecule has 176 valence electrons. The van der Waals surface area contributed by atoms with Gasteiger partial charge in [0.2, 0.25) is 0 Å². The molecule has 33 heavy (non-hydrogen) atoms. The normalized spacial score (nSPS) is 12.7. The Balaban J connectivity index is 1.70. The van der Waals surface area contributed by atoms with Crippen molar-refractivity contribution in [1.29, 1.82) is 5.26 Å². The van der Waals surface area contributed by atoms with Crippen molar-refractivity contribution in [2.45, 2.75) is 45.9 Å². The average Bonchev–Trinajstić information content (AvgIpc) is 3.63. The van der Waals surface area contributed by atoms with Crippen LogP contribution in [0.1, 0.15) is 37.8 Å². The highest BCUT2D eigenvalue weighted by atomic mass is 19.3. The highest BCUT2D eigenvalue weighted by Crippen LogP contribution is 2.33. The summed E-state index contributed by atoms with van der Waals surface area (Å²) in [7, 11) is 0. The van der Waals surface area contributed by atoms with Crippen LogP contribution >= 0.6 is 0 Å². The lowest BCUT2D eigenvalue weighted by molar-refractivity contribution is -0.134. The first-order valence-corrected chi connectivity index (χ1v) is 10.7. The Bertz CT molecular complexity index is 1000. The fraction of sp³-hybridized carbons (Fsp3) is 0.417. The van der Waals surface area contributed by atoms with Gasteiger partial charge in [0.1, 0.15) is 0 Å². The Morgan fingerprint density at radius 1 is 1.03 bits per heavy atom. The molecule has 1 aliphatic carbocycles. The average molecular weight is 460 g/mol. The molecule has 1 amide bonds. The SMILES string of the molecule is CCOc1cc(C#N)ccc1OCC(=O)N(Cc1ccc(OC(F)F)c(OCC)c1)C1CC1. The van der Waals surface area contributed by atoms with E-state index in [1.54, 1.807) is 42.2 Å². The third-order valence-electron chi connectivity index (χ3n) is 4.91. The van der Waals surface area contributed by atoms with Crippen molar-refractivity contribution in [3.8, 4) is 29.1 Å². The second-order valence-corrected chi connectivity index (χ2v) is 7.34. The van der Waals surface area contributed by atoms with Crippen molar-refractivity contribution in [3.63, 3.8) is 0 Å². The van der Waals surface area contributed by atoms with Gasteiger partial charge in [-0.15, -0.1) is 0 Å². The van der Waals surface area contributed by atoms with E-state index in [1.165, 1.54) is 6.07 Å². The number of alkyl halides is 2. The molecule has 0 atom stereocenters. The summed E-state index contributed by atoms with van der Waals surface area (Å²) in [6.45, 7) is 1.37. The van der Waals surface area contributed by atoms with Gasteiger partial charge in [0.25, 0.3) is 5.91 Å². The van der Waals surface area contributed by atoms with Crippen molar-refractivity contribution in [1.82, 2.24) is 4.90 Å². The molecule has 2 aromatic rings. The summed E-state index contributed by atoms with van der Waals surface area (Å²) >= 11 is 0. The third kappa shape index (κ3) is 6.72. The molecule has 0 spiro atoms. The first kappa shape index (κ1) is 24.1. The number of halogens is 2. The topological polar surface area (TPSA) is 81.0 Å². The number of nitriles is 1. The zero-order valence-electron chi connectivity index (χ0n) is 18.6. The molecule has 0 aliphatic heterocycles. The van der Waals surface area contributed by atoms with Gasteiger partial charge in [0, 0.05) is 18.7 Å². The Morgan fingerprint density at radius 3 is 2.30 bits per heavy atom. The molecule has 7 nitrogen and oxygen atoms in total. The molecular weight excluding hydrogens is 434 g/mol. The predicted molar refractivity (Wildman–Crippen MR) is 116 cm³/mol. The van der Waals surface area contributed by atoms with E-state index in [0.717, 1.165) is 18.4 Å². The quantitative estimate of drug-likeness (QED) is 0.463. The summed E-state index contributed by atoms with van der Waals surface area (Å²) in [5.41, 5.74) is 1.16. The van der Waals surface area contributed by atoms with Crippen LogP contribution in [-0.4, -0.2) is 43.3 Å². The Hall–Kier alpha value is -3.54. The number of hydrogen-bond acceptors (Lipinski definition) is 6. The molecule has 0 saturated heterocycles. The van der Waals surface area contributed by atoms with E-state index in [4.69, 9.17) is 19.5 Å². The van der Waals surface area contributed by atoms with Gasteiger partial charge in [-0.2, -0.15) is 14.0 Å². The van der Waals surface area contributed by atoms with Gasteiger partial charge in [-0.1, -0.05) is 6.07 Å². The first-order valence-electron chi connectivity index (χ1n) is 10.7.